The number of hydrogen-bond donors (Lipinski definition) is 1. The highest BCUT2D eigenvalue weighted by atomic mass is 16.4. The number of pyridine rings is 1. The third-order valence-electron chi connectivity index (χ3n) is 3.03. The van der Waals surface area contributed by atoms with Gasteiger partial charge in [0.1, 0.15) is 0 Å². The Hall–Kier alpha value is -2.42. The van der Waals surface area contributed by atoms with Gasteiger partial charge in [-0.15, -0.1) is 0 Å². The fraction of sp³-hybridized carbons (Fsp3) is 0.125. The first-order valence-electron chi connectivity index (χ1n) is 6.01. The van der Waals surface area contributed by atoms with Crippen molar-refractivity contribution in [1.82, 2.24) is 4.98 Å². The summed E-state index contributed by atoms with van der Waals surface area (Å²) in [4.78, 5) is 15.5. The quantitative estimate of drug-likeness (QED) is 0.854. The predicted octanol–water partition coefficient (Wildman–Crippen LogP) is 3.32. The van der Waals surface area contributed by atoms with Crippen molar-refractivity contribution in [2.45, 2.75) is 13.8 Å². The van der Waals surface area contributed by atoms with Gasteiger partial charge in [-0.3, -0.25) is 4.98 Å². The average Bonchev–Trinajstić information content (AvgIpc) is 2.40. The Bertz CT molecular complexity index is 630. The molecule has 0 saturated heterocycles. The topological polar surface area (TPSA) is 50.2 Å². The summed E-state index contributed by atoms with van der Waals surface area (Å²) in [5, 5.41) is 9.35. The Balaban J connectivity index is 2.49. The second-order valence-corrected chi connectivity index (χ2v) is 4.42. The Morgan fingerprint density at radius 1 is 1.16 bits per heavy atom. The summed E-state index contributed by atoms with van der Waals surface area (Å²) >= 11 is 0. The fourth-order valence-electron chi connectivity index (χ4n) is 1.79. The number of carboxylic acids is 1. The van der Waals surface area contributed by atoms with E-state index in [2.05, 4.69) is 4.98 Å². The minimum absolute atomic E-state index is 0.252. The van der Waals surface area contributed by atoms with Crippen LogP contribution in [0.3, 0.4) is 0 Å². The molecule has 1 aromatic heterocycles. The van der Waals surface area contributed by atoms with Crippen LogP contribution in [-0.2, 0) is 4.79 Å². The maximum atomic E-state index is 11.4. The molecule has 3 heteroatoms. The Morgan fingerprint density at radius 3 is 2.53 bits per heavy atom. The molecule has 0 aliphatic heterocycles. The number of aliphatic carboxylic acids is 1. The molecule has 0 bridgehead atoms. The second-order valence-electron chi connectivity index (χ2n) is 4.42. The van der Waals surface area contributed by atoms with Crippen molar-refractivity contribution in [2.24, 2.45) is 0 Å². The van der Waals surface area contributed by atoms with E-state index in [-0.39, 0.29) is 5.57 Å². The zero-order chi connectivity index (χ0) is 13.8. The van der Waals surface area contributed by atoms with E-state index in [0.717, 1.165) is 11.1 Å². The van der Waals surface area contributed by atoms with Crippen LogP contribution in [0.15, 0.2) is 42.6 Å². The fourth-order valence-corrected chi connectivity index (χ4v) is 1.79. The number of aromatic nitrogens is 1. The van der Waals surface area contributed by atoms with Crippen LogP contribution < -0.4 is 0 Å². The first kappa shape index (κ1) is 13.0. The molecule has 0 aliphatic carbocycles. The minimum atomic E-state index is -0.950. The molecular weight excluding hydrogens is 238 g/mol. The zero-order valence-corrected chi connectivity index (χ0v) is 10.9. The van der Waals surface area contributed by atoms with Crippen LogP contribution >= 0.6 is 0 Å². The molecule has 3 nitrogen and oxygen atoms in total. The lowest BCUT2D eigenvalue weighted by molar-refractivity contribution is -0.130. The molecule has 1 N–H and O–H groups in total. The van der Waals surface area contributed by atoms with Gasteiger partial charge in [0, 0.05) is 6.20 Å². The van der Waals surface area contributed by atoms with E-state index < -0.39 is 5.97 Å². The van der Waals surface area contributed by atoms with Gasteiger partial charge in [0.2, 0.25) is 0 Å². The largest absolute Gasteiger partial charge is 0.478 e. The van der Waals surface area contributed by atoms with Crippen LogP contribution in [-0.4, -0.2) is 16.1 Å². The molecule has 1 heterocycles. The Kier molecular flexibility index (Phi) is 3.76. The highest BCUT2D eigenvalue weighted by Gasteiger charge is 2.11. The molecule has 0 spiro atoms. The van der Waals surface area contributed by atoms with Crippen molar-refractivity contribution in [3.63, 3.8) is 0 Å². The second kappa shape index (κ2) is 5.48. The normalized spacial score (nSPS) is 11.4. The molecule has 0 atom stereocenters. The number of aryl methyl sites for hydroxylation is 2. The third-order valence-corrected chi connectivity index (χ3v) is 3.03. The number of hydrogen-bond acceptors (Lipinski definition) is 2. The van der Waals surface area contributed by atoms with Crippen LogP contribution in [0, 0.1) is 13.8 Å². The van der Waals surface area contributed by atoms with E-state index in [1.807, 2.05) is 38.1 Å². The number of carbonyl (C=O) groups is 1. The van der Waals surface area contributed by atoms with Gasteiger partial charge in [-0.1, -0.05) is 24.3 Å². The van der Waals surface area contributed by atoms with Crippen molar-refractivity contribution in [2.75, 3.05) is 0 Å². The van der Waals surface area contributed by atoms with Gasteiger partial charge >= 0.3 is 5.97 Å². The molecule has 1 aromatic carbocycles. The summed E-state index contributed by atoms with van der Waals surface area (Å²) < 4.78 is 0. The van der Waals surface area contributed by atoms with E-state index in [4.69, 9.17) is 0 Å². The van der Waals surface area contributed by atoms with Gasteiger partial charge in [0.05, 0.1) is 11.3 Å². The van der Waals surface area contributed by atoms with Crippen LogP contribution in [0.4, 0.5) is 0 Å². The molecule has 0 fully saturated rings. The summed E-state index contributed by atoms with van der Waals surface area (Å²) in [6, 6.07) is 11.1. The van der Waals surface area contributed by atoms with Crippen LogP contribution in [0.5, 0.6) is 0 Å². The molecule has 0 radical (unpaired) electrons. The molecule has 2 rings (SSSR count). The number of rotatable bonds is 3. The highest BCUT2D eigenvalue weighted by molar-refractivity contribution is 6.20. The molecule has 96 valence electrons. The molecule has 0 unspecified atom stereocenters. The van der Waals surface area contributed by atoms with Crippen molar-refractivity contribution in [3.8, 4) is 0 Å². The van der Waals surface area contributed by atoms with Crippen molar-refractivity contribution < 1.29 is 9.90 Å². The van der Waals surface area contributed by atoms with Gasteiger partial charge in [-0.05, 0) is 48.7 Å². The summed E-state index contributed by atoms with van der Waals surface area (Å²) in [6.07, 6.45) is 3.23. The maximum absolute atomic E-state index is 11.4. The van der Waals surface area contributed by atoms with Crippen molar-refractivity contribution >= 4 is 17.6 Å². The van der Waals surface area contributed by atoms with Crippen LogP contribution in [0.1, 0.15) is 22.4 Å². The smallest absolute Gasteiger partial charge is 0.336 e. The number of carboxylic acid groups (broad SMARTS) is 1. The Morgan fingerprint density at radius 2 is 1.95 bits per heavy atom. The average molecular weight is 253 g/mol. The van der Waals surface area contributed by atoms with E-state index in [0.29, 0.717) is 11.3 Å². The maximum Gasteiger partial charge on any atom is 0.336 e. The molecule has 0 amide bonds. The van der Waals surface area contributed by atoms with Crippen LogP contribution in [0.2, 0.25) is 0 Å². The summed E-state index contributed by atoms with van der Waals surface area (Å²) in [5.74, 6) is -0.950. The minimum Gasteiger partial charge on any atom is -0.478 e. The number of nitrogens with zero attached hydrogens (tertiary/aromatic N) is 1. The first-order chi connectivity index (χ1) is 9.08. The predicted molar refractivity (Wildman–Crippen MR) is 75.7 cm³/mol. The van der Waals surface area contributed by atoms with Crippen molar-refractivity contribution in [1.29, 1.82) is 0 Å². The summed E-state index contributed by atoms with van der Waals surface area (Å²) in [6.45, 7) is 3.97. The van der Waals surface area contributed by atoms with E-state index in [9.17, 15) is 9.90 Å². The summed E-state index contributed by atoms with van der Waals surface area (Å²) in [7, 11) is 0. The van der Waals surface area contributed by atoms with Crippen molar-refractivity contribution in [3.05, 3.63) is 65.0 Å². The first-order valence-corrected chi connectivity index (χ1v) is 6.01. The highest BCUT2D eigenvalue weighted by Crippen LogP contribution is 2.20. The SMILES string of the molecule is Cc1ccc(/C(=C/c2ccccn2)C(=O)O)cc1C. The molecular formula is C16H15NO2. The summed E-state index contributed by atoms with van der Waals surface area (Å²) in [5.41, 5.74) is 3.80. The van der Waals surface area contributed by atoms with Gasteiger partial charge in [0.15, 0.2) is 0 Å². The van der Waals surface area contributed by atoms with Gasteiger partial charge in [0.25, 0.3) is 0 Å². The standard InChI is InChI=1S/C16H15NO2/c1-11-6-7-13(9-12(11)2)15(16(18)19)10-14-5-3-4-8-17-14/h3-10H,1-2H3,(H,18,19)/b15-10-. The monoisotopic (exact) mass is 253 g/mol. The molecule has 0 aliphatic rings. The van der Waals surface area contributed by atoms with Crippen LogP contribution in [0.25, 0.3) is 11.6 Å². The molecule has 2 aromatic rings. The Labute approximate surface area is 112 Å². The van der Waals surface area contributed by atoms with Gasteiger partial charge < -0.3 is 5.11 Å². The van der Waals surface area contributed by atoms with Gasteiger partial charge in [-0.2, -0.15) is 0 Å². The zero-order valence-electron chi connectivity index (χ0n) is 10.9. The lowest BCUT2D eigenvalue weighted by atomic mass is 9.99. The molecule has 0 saturated carbocycles. The van der Waals surface area contributed by atoms with E-state index >= 15 is 0 Å². The third kappa shape index (κ3) is 3.07. The molecule has 19 heavy (non-hydrogen) atoms. The van der Waals surface area contributed by atoms with Gasteiger partial charge in [-0.25, -0.2) is 4.79 Å². The number of benzene rings is 1. The lowest BCUT2D eigenvalue weighted by Crippen LogP contribution is -2.00. The van der Waals surface area contributed by atoms with E-state index in [1.165, 1.54) is 0 Å². The van der Waals surface area contributed by atoms with E-state index in [1.54, 1.807) is 24.4 Å². The lowest BCUT2D eigenvalue weighted by Gasteiger charge is -2.06.